The number of imidazole rings is 1. The molecule has 1 aromatic heterocycles. The summed E-state index contributed by atoms with van der Waals surface area (Å²) in [6.45, 7) is 5.67. The second-order valence-electron chi connectivity index (χ2n) is 4.57. The number of nitrogens with zero attached hydrogens (tertiary/aromatic N) is 2. The van der Waals surface area contributed by atoms with Gasteiger partial charge in [-0.25, -0.2) is 9.78 Å². The number of anilines is 1. The van der Waals surface area contributed by atoms with E-state index in [1.165, 1.54) is 0 Å². The number of benzene rings is 1. The molecule has 0 saturated carbocycles. The molecule has 0 aliphatic heterocycles. The van der Waals surface area contributed by atoms with Crippen molar-refractivity contribution in [2.24, 2.45) is 0 Å². The van der Waals surface area contributed by atoms with Crippen molar-refractivity contribution in [2.75, 3.05) is 12.3 Å². The monoisotopic (exact) mass is 247 g/mol. The average molecular weight is 247 g/mol. The summed E-state index contributed by atoms with van der Waals surface area (Å²) in [5, 5.41) is 0. The molecule has 0 bridgehead atoms. The molecule has 1 heterocycles. The Balaban J connectivity index is 2.59. The van der Waals surface area contributed by atoms with Crippen LogP contribution in [0.15, 0.2) is 24.3 Å². The van der Waals surface area contributed by atoms with Gasteiger partial charge < -0.3 is 10.5 Å². The summed E-state index contributed by atoms with van der Waals surface area (Å²) in [6, 6.07) is 7.53. The first-order chi connectivity index (χ1) is 8.48. The minimum atomic E-state index is -0.879. The van der Waals surface area contributed by atoms with Crippen LogP contribution in [0.3, 0.4) is 0 Å². The molecule has 0 saturated heterocycles. The van der Waals surface area contributed by atoms with Crippen molar-refractivity contribution in [1.29, 1.82) is 0 Å². The number of carbonyl (C=O) groups is 1. The summed E-state index contributed by atoms with van der Waals surface area (Å²) in [5.41, 5.74) is 6.64. The third kappa shape index (κ3) is 1.81. The van der Waals surface area contributed by atoms with Crippen molar-refractivity contribution in [2.45, 2.75) is 26.3 Å². The number of hydrogen-bond acceptors (Lipinski definition) is 4. The second-order valence-corrected chi connectivity index (χ2v) is 4.57. The average Bonchev–Trinajstić information content (AvgIpc) is 2.65. The topological polar surface area (TPSA) is 70.1 Å². The molecule has 0 aliphatic rings. The largest absolute Gasteiger partial charge is 0.464 e. The summed E-state index contributed by atoms with van der Waals surface area (Å²) in [7, 11) is 0. The molecule has 0 aliphatic carbocycles. The number of nitrogen functional groups attached to an aromatic ring is 1. The van der Waals surface area contributed by atoms with Crippen LogP contribution in [-0.4, -0.2) is 22.1 Å². The maximum absolute atomic E-state index is 12.0. The number of rotatable bonds is 3. The molecular formula is C13H17N3O2. The Labute approximate surface area is 106 Å². The number of hydrogen-bond donors (Lipinski definition) is 1. The molecule has 0 atom stereocenters. The molecule has 0 spiro atoms. The van der Waals surface area contributed by atoms with Crippen molar-refractivity contribution >= 4 is 23.0 Å². The fourth-order valence-corrected chi connectivity index (χ4v) is 2.03. The predicted molar refractivity (Wildman–Crippen MR) is 70.1 cm³/mol. The van der Waals surface area contributed by atoms with Gasteiger partial charge in [0.1, 0.15) is 5.54 Å². The Bertz CT molecular complexity index is 587. The minimum absolute atomic E-state index is 0.314. The van der Waals surface area contributed by atoms with Crippen LogP contribution >= 0.6 is 0 Å². The Kier molecular flexibility index (Phi) is 2.98. The zero-order valence-corrected chi connectivity index (χ0v) is 10.8. The molecular weight excluding hydrogens is 230 g/mol. The Hall–Kier alpha value is -2.04. The van der Waals surface area contributed by atoms with E-state index in [0.717, 1.165) is 11.0 Å². The summed E-state index contributed by atoms with van der Waals surface area (Å²) in [6.07, 6.45) is 0. The maximum Gasteiger partial charge on any atom is 0.331 e. The highest BCUT2D eigenvalue weighted by atomic mass is 16.5. The molecule has 2 N–H and O–H groups in total. The van der Waals surface area contributed by atoms with Gasteiger partial charge in [0.15, 0.2) is 0 Å². The van der Waals surface area contributed by atoms with Gasteiger partial charge in [-0.1, -0.05) is 12.1 Å². The van der Waals surface area contributed by atoms with E-state index in [-0.39, 0.29) is 5.97 Å². The maximum atomic E-state index is 12.0. The molecule has 0 amide bonds. The quantitative estimate of drug-likeness (QED) is 0.841. The van der Waals surface area contributed by atoms with E-state index in [9.17, 15) is 4.79 Å². The Morgan fingerprint density at radius 1 is 1.44 bits per heavy atom. The number of nitrogens with two attached hydrogens (primary N) is 1. The van der Waals surface area contributed by atoms with Gasteiger partial charge in [-0.2, -0.15) is 0 Å². The molecule has 0 radical (unpaired) electrons. The van der Waals surface area contributed by atoms with Gasteiger partial charge in [0, 0.05) is 0 Å². The number of fused-ring (bicyclic) bond motifs is 1. The predicted octanol–water partition coefficient (Wildman–Crippen LogP) is 1.92. The van der Waals surface area contributed by atoms with Crippen LogP contribution in [0.5, 0.6) is 0 Å². The van der Waals surface area contributed by atoms with Crippen molar-refractivity contribution in [3.63, 3.8) is 0 Å². The van der Waals surface area contributed by atoms with Crippen LogP contribution in [0.25, 0.3) is 11.0 Å². The number of ether oxygens (including phenoxy) is 1. The van der Waals surface area contributed by atoms with Crippen molar-refractivity contribution < 1.29 is 9.53 Å². The van der Waals surface area contributed by atoms with E-state index < -0.39 is 5.54 Å². The zero-order valence-electron chi connectivity index (χ0n) is 10.8. The van der Waals surface area contributed by atoms with E-state index >= 15 is 0 Å². The highest BCUT2D eigenvalue weighted by molar-refractivity contribution is 5.85. The van der Waals surface area contributed by atoms with E-state index in [0.29, 0.717) is 12.6 Å². The summed E-state index contributed by atoms with van der Waals surface area (Å²) in [4.78, 5) is 16.3. The molecule has 18 heavy (non-hydrogen) atoms. The van der Waals surface area contributed by atoms with Gasteiger partial charge in [-0.05, 0) is 32.9 Å². The number of aromatic nitrogens is 2. The molecule has 5 heteroatoms. The fourth-order valence-electron chi connectivity index (χ4n) is 2.03. The van der Waals surface area contributed by atoms with Crippen LogP contribution in [0.4, 0.5) is 5.95 Å². The van der Waals surface area contributed by atoms with Crippen molar-refractivity contribution in [3.05, 3.63) is 24.3 Å². The highest BCUT2D eigenvalue weighted by Crippen LogP contribution is 2.27. The molecule has 0 fully saturated rings. The van der Waals surface area contributed by atoms with Crippen molar-refractivity contribution in [3.8, 4) is 0 Å². The van der Waals surface area contributed by atoms with Gasteiger partial charge in [-0.15, -0.1) is 0 Å². The fraction of sp³-hybridized carbons (Fsp3) is 0.385. The SMILES string of the molecule is CCOC(=O)C(C)(C)n1c(N)nc2ccccc21. The van der Waals surface area contributed by atoms with Gasteiger partial charge >= 0.3 is 5.97 Å². The number of carbonyl (C=O) groups excluding carboxylic acids is 1. The molecule has 1 aromatic carbocycles. The van der Waals surface area contributed by atoms with E-state index in [2.05, 4.69) is 4.98 Å². The van der Waals surface area contributed by atoms with Gasteiger partial charge in [0.2, 0.25) is 5.95 Å². The highest BCUT2D eigenvalue weighted by Gasteiger charge is 2.34. The smallest absolute Gasteiger partial charge is 0.331 e. The van der Waals surface area contributed by atoms with Crippen LogP contribution < -0.4 is 5.73 Å². The van der Waals surface area contributed by atoms with Crippen LogP contribution in [0.1, 0.15) is 20.8 Å². The Morgan fingerprint density at radius 3 is 2.78 bits per heavy atom. The Morgan fingerprint density at radius 2 is 2.11 bits per heavy atom. The van der Waals surface area contributed by atoms with Crippen LogP contribution in [0, 0.1) is 0 Å². The molecule has 96 valence electrons. The zero-order chi connectivity index (χ0) is 13.3. The lowest BCUT2D eigenvalue weighted by Gasteiger charge is -2.25. The lowest BCUT2D eigenvalue weighted by atomic mass is 10.1. The van der Waals surface area contributed by atoms with Crippen LogP contribution in [-0.2, 0) is 15.1 Å². The van der Waals surface area contributed by atoms with Crippen LogP contribution in [0.2, 0.25) is 0 Å². The van der Waals surface area contributed by atoms with E-state index in [1.807, 2.05) is 24.3 Å². The van der Waals surface area contributed by atoms with E-state index in [1.54, 1.807) is 25.3 Å². The molecule has 2 rings (SSSR count). The normalized spacial score (nSPS) is 11.7. The first-order valence-electron chi connectivity index (χ1n) is 5.89. The second kappa shape index (κ2) is 4.33. The molecule has 2 aromatic rings. The number of esters is 1. The van der Waals surface area contributed by atoms with Gasteiger partial charge in [0.25, 0.3) is 0 Å². The van der Waals surface area contributed by atoms with Crippen molar-refractivity contribution in [1.82, 2.24) is 9.55 Å². The third-order valence-corrected chi connectivity index (χ3v) is 2.92. The standard InChI is InChI=1S/C13H17N3O2/c1-4-18-11(17)13(2,3)16-10-8-6-5-7-9(10)15-12(16)14/h5-8H,4H2,1-3H3,(H2,14,15). The first-order valence-corrected chi connectivity index (χ1v) is 5.89. The lowest BCUT2D eigenvalue weighted by Crippen LogP contribution is -2.38. The molecule has 5 nitrogen and oxygen atoms in total. The minimum Gasteiger partial charge on any atom is -0.464 e. The molecule has 0 unspecified atom stereocenters. The first kappa shape index (κ1) is 12.4. The van der Waals surface area contributed by atoms with Gasteiger partial charge in [-0.3, -0.25) is 4.57 Å². The summed E-state index contributed by atoms with van der Waals surface area (Å²) < 4.78 is 6.80. The van der Waals surface area contributed by atoms with E-state index in [4.69, 9.17) is 10.5 Å². The third-order valence-electron chi connectivity index (χ3n) is 2.92. The number of para-hydroxylation sites is 2. The summed E-state index contributed by atoms with van der Waals surface area (Å²) in [5.74, 6) is -0.00546. The lowest BCUT2D eigenvalue weighted by molar-refractivity contribution is -0.151. The summed E-state index contributed by atoms with van der Waals surface area (Å²) >= 11 is 0. The van der Waals surface area contributed by atoms with Gasteiger partial charge in [0.05, 0.1) is 17.6 Å².